The molecular weight excluding hydrogens is 441 g/mol. The minimum Gasteiger partial charge on any atom is -0.465 e. The normalized spacial score (nSPS) is 11.6. The molecule has 3 aromatic rings. The van der Waals surface area contributed by atoms with Gasteiger partial charge in [-0.05, 0) is 30.3 Å². The van der Waals surface area contributed by atoms with Crippen LogP contribution >= 0.6 is 23.2 Å². The van der Waals surface area contributed by atoms with Crippen LogP contribution in [-0.4, -0.2) is 43.0 Å². The zero-order valence-electron chi connectivity index (χ0n) is 15.3. The molecule has 0 aliphatic carbocycles. The van der Waals surface area contributed by atoms with E-state index in [1.54, 1.807) is 24.3 Å². The molecule has 0 unspecified atom stereocenters. The minimum absolute atomic E-state index is 0.0533. The zero-order valence-corrected chi connectivity index (χ0v) is 17.6. The van der Waals surface area contributed by atoms with Gasteiger partial charge in [0.05, 0.1) is 34.2 Å². The van der Waals surface area contributed by atoms with Crippen molar-refractivity contribution >= 4 is 39.2 Å². The van der Waals surface area contributed by atoms with Gasteiger partial charge in [-0.2, -0.15) is 9.29 Å². The Morgan fingerprint density at radius 3 is 2.59 bits per heavy atom. The third-order valence-electron chi connectivity index (χ3n) is 3.99. The number of carbonyl (C=O) groups excluding carboxylic acids is 1. The van der Waals surface area contributed by atoms with Gasteiger partial charge in [0.25, 0.3) is 0 Å². The summed E-state index contributed by atoms with van der Waals surface area (Å²) in [7, 11) is -1.44. The zero-order chi connectivity index (χ0) is 21.2. The highest BCUT2D eigenvalue weighted by molar-refractivity contribution is 7.89. The van der Waals surface area contributed by atoms with Crippen molar-refractivity contribution in [3.8, 4) is 11.4 Å². The lowest BCUT2D eigenvalue weighted by molar-refractivity contribution is 0.0600. The molecule has 0 amide bonds. The van der Waals surface area contributed by atoms with E-state index in [-0.39, 0.29) is 33.7 Å². The Bertz CT molecular complexity index is 1160. The third-order valence-corrected chi connectivity index (χ3v) is 6.45. The van der Waals surface area contributed by atoms with E-state index in [0.29, 0.717) is 10.6 Å². The molecule has 1 aromatic heterocycles. The Morgan fingerprint density at radius 1 is 1.17 bits per heavy atom. The van der Waals surface area contributed by atoms with Gasteiger partial charge in [0.15, 0.2) is 0 Å². The van der Waals surface area contributed by atoms with Gasteiger partial charge in [0, 0.05) is 12.6 Å². The molecule has 2 aromatic carbocycles. The van der Waals surface area contributed by atoms with E-state index in [0.717, 1.165) is 10.4 Å². The van der Waals surface area contributed by atoms with Gasteiger partial charge in [-0.15, -0.1) is 0 Å². The van der Waals surface area contributed by atoms with Crippen LogP contribution in [0.25, 0.3) is 11.4 Å². The lowest BCUT2D eigenvalue weighted by Gasteiger charge is -2.16. The van der Waals surface area contributed by atoms with Crippen LogP contribution in [0.4, 0.5) is 0 Å². The smallest absolute Gasteiger partial charge is 0.339 e. The van der Waals surface area contributed by atoms with Crippen LogP contribution in [0.5, 0.6) is 0 Å². The van der Waals surface area contributed by atoms with Gasteiger partial charge in [-0.25, -0.2) is 13.2 Å². The molecule has 0 bridgehead atoms. The van der Waals surface area contributed by atoms with Gasteiger partial charge >= 0.3 is 5.97 Å². The molecule has 152 valence electrons. The lowest BCUT2D eigenvalue weighted by Crippen LogP contribution is -2.27. The molecule has 0 atom stereocenters. The van der Waals surface area contributed by atoms with Gasteiger partial charge in [-0.3, -0.25) is 0 Å². The van der Waals surface area contributed by atoms with Crippen LogP contribution in [0.2, 0.25) is 10.0 Å². The molecule has 0 saturated carbocycles. The molecule has 0 aliphatic heterocycles. The minimum atomic E-state index is -3.97. The second-order valence-corrected chi connectivity index (χ2v) is 8.75. The number of rotatable bonds is 6. The van der Waals surface area contributed by atoms with Crippen LogP contribution < -0.4 is 0 Å². The summed E-state index contributed by atoms with van der Waals surface area (Å²) in [4.78, 5) is 15.8. The topological polar surface area (TPSA) is 103 Å². The van der Waals surface area contributed by atoms with Crippen molar-refractivity contribution < 1.29 is 22.5 Å². The summed E-state index contributed by atoms with van der Waals surface area (Å²) in [6, 6.07) is 10.7. The van der Waals surface area contributed by atoms with Crippen molar-refractivity contribution in [2.24, 2.45) is 0 Å². The maximum absolute atomic E-state index is 12.9. The second kappa shape index (κ2) is 8.50. The molecule has 0 spiro atoms. The predicted molar refractivity (Wildman–Crippen MR) is 106 cm³/mol. The highest BCUT2D eigenvalue weighted by atomic mass is 35.5. The van der Waals surface area contributed by atoms with E-state index in [2.05, 4.69) is 14.9 Å². The molecule has 0 radical (unpaired) electrons. The maximum Gasteiger partial charge on any atom is 0.339 e. The summed E-state index contributed by atoms with van der Waals surface area (Å²) < 4.78 is 36.5. The molecule has 0 fully saturated rings. The Labute approximate surface area is 177 Å². The highest BCUT2D eigenvalue weighted by Gasteiger charge is 2.25. The van der Waals surface area contributed by atoms with Crippen LogP contribution in [0.3, 0.4) is 0 Å². The largest absolute Gasteiger partial charge is 0.465 e. The van der Waals surface area contributed by atoms with Gasteiger partial charge in [0.1, 0.15) is 0 Å². The van der Waals surface area contributed by atoms with Crippen molar-refractivity contribution in [1.29, 1.82) is 0 Å². The fourth-order valence-electron chi connectivity index (χ4n) is 2.46. The first kappa shape index (κ1) is 21.3. The number of sulfonamides is 1. The van der Waals surface area contributed by atoms with E-state index < -0.39 is 16.0 Å². The van der Waals surface area contributed by atoms with Crippen molar-refractivity contribution in [2.45, 2.75) is 11.4 Å². The summed E-state index contributed by atoms with van der Waals surface area (Å²) in [5.74, 6) is -0.417. The van der Waals surface area contributed by atoms with Crippen molar-refractivity contribution in [1.82, 2.24) is 14.4 Å². The van der Waals surface area contributed by atoms with Crippen molar-refractivity contribution in [3.05, 3.63) is 64.0 Å². The fraction of sp³-hybridized carbons (Fsp3) is 0.167. The van der Waals surface area contributed by atoms with E-state index in [1.807, 2.05) is 0 Å². The van der Waals surface area contributed by atoms with Crippen molar-refractivity contribution in [2.75, 3.05) is 14.2 Å². The monoisotopic (exact) mass is 455 g/mol. The number of methoxy groups -OCH3 is 1. The fourth-order valence-corrected chi connectivity index (χ4v) is 4.02. The summed E-state index contributed by atoms with van der Waals surface area (Å²) in [5.41, 5.74) is 0.512. The molecule has 3 rings (SSSR count). The Balaban J connectivity index is 1.85. The quantitative estimate of drug-likeness (QED) is 0.522. The lowest BCUT2D eigenvalue weighted by atomic mass is 10.2. The first-order chi connectivity index (χ1) is 13.7. The molecule has 0 N–H and O–H groups in total. The molecule has 0 aliphatic rings. The predicted octanol–water partition coefficient (Wildman–Crippen LogP) is 3.65. The van der Waals surface area contributed by atoms with Gasteiger partial charge in [-0.1, -0.05) is 40.5 Å². The third kappa shape index (κ3) is 4.43. The average molecular weight is 456 g/mol. The number of nitrogens with zero attached hydrogens (tertiary/aromatic N) is 3. The molecule has 0 saturated heterocycles. The van der Waals surface area contributed by atoms with Crippen LogP contribution in [0.1, 0.15) is 16.2 Å². The first-order valence-electron chi connectivity index (χ1n) is 8.15. The number of benzene rings is 2. The molecular formula is C18H15Cl2N3O5S. The Kier molecular flexibility index (Phi) is 6.23. The van der Waals surface area contributed by atoms with Gasteiger partial charge < -0.3 is 9.26 Å². The number of hydrogen-bond acceptors (Lipinski definition) is 7. The number of aromatic nitrogens is 2. The Hall–Kier alpha value is -2.46. The molecule has 29 heavy (non-hydrogen) atoms. The molecule has 8 nitrogen and oxygen atoms in total. The van der Waals surface area contributed by atoms with Crippen LogP contribution in [0, 0.1) is 0 Å². The van der Waals surface area contributed by atoms with E-state index in [9.17, 15) is 13.2 Å². The van der Waals surface area contributed by atoms with Crippen LogP contribution in [-0.2, 0) is 21.3 Å². The summed E-state index contributed by atoms with van der Waals surface area (Å²) in [6.07, 6.45) is 0. The standard InChI is InChI=1S/C18H15Cl2N3O5S/c1-23(10-16-21-17(22-28-16)12-5-3-4-6-14(12)19)29(25,26)11-7-8-15(20)13(9-11)18(24)27-2/h3-9H,10H2,1-2H3. The average Bonchev–Trinajstić information content (AvgIpc) is 3.16. The number of carbonyl (C=O) groups is 1. The summed E-state index contributed by atoms with van der Waals surface area (Å²) in [5, 5.41) is 4.37. The number of esters is 1. The van der Waals surface area contributed by atoms with Crippen LogP contribution in [0.15, 0.2) is 51.9 Å². The highest BCUT2D eigenvalue weighted by Crippen LogP contribution is 2.26. The second-order valence-electron chi connectivity index (χ2n) is 5.89. The molecule has 1 heterocycles. The van der Waals surface area contributed by atoms with Gasteiger partial charge in [0.2, 0.25) is 21.7 Å². The van der Waals surface area contributed by atoms with Crippen molar-refractivity contribution in [3.63, 3.8) is 0 Å². The first-order valence-corrected chi connectivity index (χ1v) is 10.4. The summed E-state index contributed by atoms with van der Waals surface area (Å²) >= 11 is 12.1. The van der Waals surface area contributed by atoms with E-state index in [1.165, 1.54) is 26.3 Å². The summed E-state index contributed by atoms with van der Waals surface area (Å²) in [6.45, 7) is -0.185. The Morgan fingerprint density at radius 2 is 1.90 bits per heavy atom. The maximum atomic E-state index is 12.9. The number of halogens is 2. The number of ether oxygens (including phenoxy) is 1. The van der Waals surface area contributed by atoms with E-state index in [4.69, 9.17) is 27.7 Å². The molecule has 11 heteroatoms. The van der Waals surface area contributed by atoms with E-state index >= 15 is 0 Å². The number of hydrogen-bond donors (Lipinski definition) is 0. The SMILES string of the molecule is COC(=O)c1cc(S(=O)(=O)N(C)Cc2nc(-c3ccccc3Cl)no2)ccc1Cl.